The van der Waals surface area contributed by atoms with Gasteiger partial charge in [0.15, 0.2) is 0 Å². The van der Waals surface area contributed by atoms with E-state index in [1.807, 2.05) is 0 Å². The molecule has 0 fully saturated rings. The molecule has 2 N–H and O–H groups in total. The lowest BCUT2D eigenvalue weighted by Crippen LogP contribution is -2.50. The molecule has 9 nitrogen and oxygen atoms in total. The van der Waals surface area contributed by atoms with E-state index in [-0.39, 0.29) is 44.0 Å². The van der Waals surface area contributed by atoms with Crippen molar-refractivity contribution in [2.24, 2.45) is 0 Å². The maximum atomic E-state index is 12.1. The van der Waals surface area contributed by atoms with Crippen LogP contribution >= 0.6 is 0 Å². The Morgan fingerprint density at radius 1 is 0.923 bits per heavy atom. The number of nitrogens with one attached hydrogen (secondary N) is 2. The third-order valence-electron chi connectivity index (χ3n) is 2.74. The molecule has 0 saturated heterocycles. The van der Waals surface area contributed by atoms with Crippen LogP contribution in [0.1, 0.15) is 13.8 Å². The highest BCUT2D eigenvalue weighted by Crippen LogP contribution is 1.96. The molecule has 0 saturated carbocycles. The van der Waals surface area contributed by atoms with Crippen LogP contribution in [0.15, 0.2) is 37.0 Å². The monoisotopic (exact) mass is 367 g/mol. The Morgan fingerprint density at radius 2 is 1.42 bits per heavy atom. The van der Waals surface area contributed by atoms with E-state index in [1.54, 1.807) is 0 Å². The number of esters is 2. The van der Waals surface area contributed by atoms with Crippen LogP contribution in [-0.2, 0) is 19.1 Å². The first-order valence-electron chi connectivity index (χ1n) is 7.80. The Morgan fingerprint density at radius 3 is 1.92 bits per heavy atom. The van der Waals surface area contributed by atoms with Crippen molar-refractivity contribution in [2.75, 3.05) is 32.8 Å². The number of imide groups is 1. The second-order valence-electron chi connectivity index (χ2n) is 5.19. The van der Waals surface area contributed by atoms with Crippen LogP contribution in [0.5, 0.6) is 0 Å². The van der Waals surface area contributed by atoms with Gasteiger partial charge in [0.1, 0.15) is 13.2 Å². The van der Waals surface area contributed by atoms with E-state index in [0.29, 0.717) is 0 Å². The minimum absolute atomic E-state index is 0.00531. The van der Waals surface area contributed by atoms with Gasteiger partial charge in [-0.15, -0.1) is 6.58 Å². The summed E-state index contributed by atoms with van der Waals surface area (Å²) in [6, 6.07) is -1.42. The zero-order chi connectivity index (χ0) is 20.1. The number of hydrogen-bond acceptors (Lipinski definition) is 6. The van der Waals surface area contributed by atoms with E-state index in [2.05, 4.69) is 30.4 Å². The lowest BCUT2D eigenvalue weighted by molar-refractivity contribution is -0.139. The number of ether oxygens (including phenoxy) is 2. The van der Waals surface area contributed by atoms with Gasteiger partial charge in [-0.2, -0.15) is 0 Å². The lowest BCUT2D eigenvalue weighted by atomic mass is 10.4. The molecule has 26 heavy (non-hydrogen) atoms. The van der Waals surface area contributed by atoms with Crippen molar-refractivity contribution >= 4 is 24.0 Å². The second kappa shape index (κ2) is 12.3. The van der Waals surface area contributed by atoms with Crippen molar-refractivity contribution in [1.29, 1.82) is 0 Å². The minimum atomic E-state index is -0.732. The Balaban J connectivity index is 4.58. The van der Waals surface area contributed by atoms with Gasteiger partial charge in [-0.1, -0.05) is 19.2 Å². The molecule has 0 aromatic carbocycles. The zero-order valence-electron chi connectivity index (χ0n) is 15.1. The Kier molecular flexibility index (Phi) is 10.8. The molecule has 0 aromatic rings. The summed E-state index contributed by atoms with van der Waals surface area (Å²) in [5.41, 5.74) is 0.442. The molecule has 0 aromatic heterocycles. The normalized spacial score (nSPS) is 9.46. The summed E-state index contributed by atoms with van der Waals surface area (Å²) >= 11 is 0. The lowest BCUT2D eigenvalue weighted by Gasteiger charge is -2.21. The summed E-state index contributed by atoms with van der Waals surface area (Å²) in [7, 11) is 0. The number of nitrogens with zero attached hydrogens (tertiary/aromatic N) is 1. The number of carbonyl (C=O) groups excluding carboxylic acids is 4. The van der Waals surface area contributed by atoms with Crippen LogP contribution in [0.25, 0.3) is 0 Å². The third kappa shape index (κ3) is 9.26. The van der Waals surface area contributed by atoms with Gasteiger partial charge in [0.2, 0.25) is 0 Å². The van der Waals surface area contributed by atoms with Gasteiger partial charge in [-0.25, -0.2) is 24.1 Å². The molecule has 0 heterocycles. The van der Waals surface area contributed by atoms with Crippen molar-refractivity contribution in [1.82, 2.24) is 15.5 Å². The van der Waals surface area contributed by atoms with Crippen molar-refractivity contribution in [3.05, 3.63) is 37.0 Å². The zero-order valence-corrected chi connectivity index (χ0v) is 15.1. The predicted octanol–water partition coefficient (Wildman–Crippen LogP) is 1.13. The van der Waals surface area contributed by atoms with E-state index in [4.69, 9.17) is 9.47 Å². The molecule has 0 aliphatic rings. The quantitative estimate of drug-likeness (QED) is 0.259. The summed E-state index contributed by atoms with van der Waals surface area (Å²) in [5, 5.41) is 4.88. The number of carbonyl (C=O) groups is 4. The van der Waals surface area contributed by atoms with E-state index in [0.717, 1.165) is 4.90 Å². The van der Waals surface area contributed by atoms with Gasteiger partial charge in [0.25, 0.3) is 0 Å². The Hall–Kier alpha value is -3.10. The van der Waals surface area contributed by atoms with Gasteiger partial charge in [0.05, 0.1) is 13.1 Å². The van der Waals surface area contributed by atoms with E-state index >= 15 is 0 Å². The van der Waals surface area contributed by atoms with Crippen LogP contribution in [0, 0.1) is 0 Å². The molecule has 0 rings (SSSR count). The molecular formula is C17H25N3O6. The maximum absolute atomic E-state index is 12.1. The highest BCUT2D eigenvalue weighted by atomic mass is 16.5. The smallest absolute Gasteiger partial charge is 0.333 e. The standard InChI is InChI=1S/C17H25N3O6/c1-6-7-18-16(23)20(9-11-26-15(22)13(4)5)17(24)19-8-10-25-14(21)12(2)3/h6H,1-2,4,7-11H2,3,5H3,(H,18,23)(H,19,24). The first-order valence-corrected chi connectivity index (χ1v) is 7.80. The largest absolute Gasteiger partial charge is 0.460 e. The number of rotatable bonds is 10. The van der Waals surface area contributed by atoms with Crippen molar-refractivity contribution in [3.8, 4) is 0 Å². The summed E-state index contributed by atoms with van der Waals surface area (Å²) in [6.07, 6.45) is 1.45. The Labute approximate surface area is 152 Å². The number of amides is 4. The summed E-state index contributed by atoms with van der Waals surface area (Å²) in [5.74, 6) is -1.20. The second-order valence-corrected chi connectivity index (χ2v) is 5.19. The highest BCUT2D eigenvalue weighted by molar-refractivity contribution is 5.93. The van der Waals surface area contributed by atoms with Crippen LogP contribution in [0.4, 0.5) is 9.59 Å². The molecule has 0 aliphatic carbocycles. The minimum Gasteiger partial charge on any atom is -0.460 e. The predicted molar refractivity (Wildman–Crippen MR) is 95.2 cm³/mol. The van der Waals surface area contributed by atoms with Crippen LogP contribution in [0.2, 0.25) is 0 Å². The van der Waals surface area contributed by atoms with Crippen LogP contribution in [-0.4, -0.2) is 61.7 Å². The molecule has 0 radical (unpaired) electrons. The van der Waals surface area contributed by atoms with Crippen molar-refractivity contribution < 1.29 is 28.7 Å². The molecule has 9 heteroatoms. The average molecular weight is 367 g/mol. The van der Waals surface area contributed by atoms with E-state index in [1.165, 1.54) is 19.9 Å². The SMILES string of the molecule is C=CCNC(=O)N(CCOC(=O)C(=C)C)C(=O)NCCOC(=O)C(=C)C. The molecule has 0 atom stereocenters. The third-order valence-corrected chi connectivity index (χ3v) is 2.74. The molecular weight excluding hydrogens is 342 g/mol. The number of urea groups is 2. The summed E-state index contributed by atoms with van der Waals surface area (Å²) < 4.78 is 9.72. The van der Waals surface area contributed by atoms with Gasteiger partial charge >= 0.3 is 24.0 Å². The number of hydrogen-bond donors (Lipinski definition) is 2. The molecule has 0 bridgehead atoms. The van der Waals surface area contributed by atoms with Gasteiger partial charge in [-0.3, -0.25) is 0 Å². The average Bonchev–Trinajstić information content (AvgIpc) is 2.59. The van der Waals surface area contributed by atoms with Crippen molar-refractivity contribution in [2.45, 2.75) is 13.8 Å². The molecule has 0 aliphatic heterocycles. The van der Waals surface area contributed by atoms with Crippen LogP contribution in [0.3, 0.4) is 0 Å². The Bertz CT molecular complexity index is 585. The van der Waals surface area contributed by atoms with Crippen molar-refractivity contribution in [3.63, 3.8) is 0 Å². The summed E-state index contributed by atoms with van der Waals surface area (Å²) in [4.78, 5) is 47.6. The molecule has 4 amide bonds. The highest BCUT2D eigenvalue weighted by Gasteiger charge is 2.21. The maximum Gasteiger partial charge on any atom is 0.333 e. The first kappa shape index (κ1) is 22.9. The fourth-order valence-electron chi connectivity index (χ4n) is 1.42. The molecule has 0 spiro atoms. The topological polar surface area (TPSA) is 114 Å². The molecule has 144 valence electrons. The first-order chi connectivity index (χ1) is 12.2. The van der Waals surface area contributed by atoms with Crippen LogP contribution < -0.4 is 10.6 Å². The van der Waals surface area contributed by atoms with E-state index < -0.39 is 24.0 Å². The van der Waals surface area contributed by atoms with Gasteiger partial charge in [0, 0.05) is 17.7 Å². The van der Waals surface area contributed by atoms with E-state index in [9.17, 15) is 19.2 Å². The fraction of sp³-hybridized carbons (Fsp3) is 0.412. The summed E-state index contributed by atoms with van der Waals surface area (Å²) in [6.45, 7) is 13.0. The fourth-order valence-corrected chi connectivity index (χ4v) is 1.42. The molecule has 0 unspecified atom stereocenters. The van der Waals surface area contributed by atoms with Gasteiger partial charge < -0.3 is 20.1 Å². The van der Waals surface area contributed by atoms with Gasteiger partial charge in [-0.05, 0) is 13.8 Å².